The Morgan fingerprint density at radius 3 is 2.55 bits per heavy atom. The second-order valence-corrected chi connectivity index (χ2v) is 5.17. The molecule has 0 radical (unpaired) electrons. The van der Waals surface area contributed by atoms with Crippen LogP contribution in [0.5, 0.6) is 0 Å². The standard InChI is InChI=1S/C15H21N3O2/c16-13(10-11-4-2-1-3-5-11)15(20)18-14(19)12-6-8-17-9-7-12/h1-5,12-13,17H,6-10,16H2,(H,18,19,20). The number of hydrogen-bond acceptors (Lipinski definition) is 4. The Morgan fingerprint density at radius 1 is 1.25 bits per heavy atom. The summed E-state index contributed by atoms with van der Waals surface area (Å²) in [7, 11) is 0. The van der Waals surface area contributed by atoms with Crippen LogP contribution in [0.2, 0.25) is 0 Å². The molecule has 1 aromatic carbocycles. The fraction of sp³-hybridized carbons (Fsp3) is 0.467. The zero-order chi connectivity index (χ0) is 14.4. The molecule has 0 saturated carbocycles. The fourth-order valence-electron chi connectivity index (χ4n) is 2.36. The Morgan fingerprint density at radius 2 is 1.90 bits per heavy atom. The van der Waals surface area contributed by atoms with Gasteiger partial charge in [0.25, 0.3) is 0 Å². The maximum atomic E-state index is 12.0. The van der Waals surface area contributed by atoms with E-state index >= 15 is 0 Å². The summed E-state index contributed by atoms with van der Waals surface area (Å²) in [5, 5.41) is 5.63. The lowest BCUT2D eigenvalue weighted by Gasteiger charge is -2.22. The molecule has 4 N–H and O–H groups in total. The van der Waals surface area contributed by atoms with Crippen molar-refractivity contribution < 1.29 is 9.59 Å². The lowest BCUT2D eigenvalue weighted by atomic mass is 9.97. The third kappa shape index (κ3) is 4.15. The van der Waals surface area contributed by atoms with Crippen LogP contribution >= 0.6 is 0 Å². The van der Waals surface area contributed by atoms with Gasteiger partial charge < -0.3 is 11.1 Å². The van der Waals surface area contributed by atoms with Crippen molar-refractivity contribution >= 4 is 11.8 Å². The van der Waals surface area contributed by atoms with Crippen molar-refractivity contribution in [3.8, 4) is 0 Å². The van der Waals surface area contributed by atoms with E-state index < -0.39 is 11.9 Å². The summed E-state index contributed by atoms with van der Waals surface area (Å²) >= 11 is 0. The topological polar surface area (TPSA) is 84.2 Å². The molecule has 0 aliphatic carbocycles. The lowest BCUT2D eigenvalue weighted by Crippen LogP contribution is -2.48. The molecule has 1 aromatic rings. The van der Waals surface area contributed by atoms with E-state index in [1.165, 1.54) is 0 Å². The van der Waals surface area contributed by atoms with Crippen LogP contribution in [0.25, 0.3) is 0 Å². The molecule has 1 saturated heterocycles. The monoisotopic (exact) mass is 275 g/mol. The van der Waals surface area contributed by atoms with Crippen LogP contribution in [0.3, 0.4) is 0 Å². The van der Waals surface area contributed by atoms with Gasteiger partial charge in [-0.05, 0) is 37.9 Å². The zero-order valence-electron chi connectivity index (χ0n) is 11.5. The van der Waals surface area contributed by atoms with Crippen molar-refractivity contribution in [2.75, 3.05) is 13.1 Å². The second kappa shape index (κ2) is 7.17. The highest BCUT2D eigenvalue weighted by molar-refractivity contribution is 5.98. The van der Waals surface area contributed by atoms with E-state index in [2.05, 4.69) is 10.6 Å². The average molecular weight is 275 g/mol. The van der Waals surface area contributed by atoms with Crippen LogP contribution in [-0.2, 0) is 16.0 Å². The van der Waals surface area contributed by atoms with Crippen molar-refractivity contribution in [3.05, 3.63) is 35.9 Å². The molecule has 1 aliphatic heterocycles. The summed E-state index contributed by atoms with van der Waals surface area (Å²) in [5.74, 6) is -0.665. The van der Waals surface area contributed by atoms with Gasteiger partial charge in [0, 0.05) is 5.92 Å². The third-order valence-electron chi connectivity index (χ3n) is 3.59. The Balaban J connectivity index is 1.82. The van der Waals surface area contributed by atoms with Crippen molar-refractivity contribution in [2.24, 2.45) is 11.7 Å². The van der Waals surface area contributed by atoms with Gasteiger partial charge in [0.1, 0.15) is 0 Å². The Labute approximate surface area is 118 Å². The highest BCUT2D eigenvalue weighted by Crippen LogP contribution is 2.11. The number of carbonyl (C=O) groups excluding carboxylic acids is 2. The van der Waals surface area contributed by atoms with Gasteiger partial charge in [-0.25, -0.2) is 0 Å². The fourth-order valence-corrected chi connectivity index (χ4v) is 2.36. The smallest absolute Gasteiger partial charge is 0.243 e. The molecule has 1 fully saturated rings. The molecule has 1 heterocycles. The van der Waals surface area contributed by atoms with Gasteiger partial charge in [-0.15, -0.1) is 0 Å². The minimum atomic E-state index is -0.692. The molecule has 2 amide bonds. The molecular weight excluding hydrogens is 254 g/mol. The number of nitrogens with two attached hydrogens (primary N) is 1. The highest BCUT2D eigenvalue weighted by Gasteiger charge is 2.24. The average Bonchev–Trinajstić information content (AvgIpc) is 2.49. The van der Waals surface area contributed by atoms with Crippen LogP contribution < -0.4 is 16.4 Å². The normalized spacial score (nSPS) is 17.4. The van der Waals surface area contributed by atoms with E-state index in [1.807, 2.05) is 30.3 Å². The molecule has 0 spiro atoms. The maximum absolute atomic E-state index is 12.0. The number of piperidine rings is 1. The summed E-state index contributed by atoms with van der Waals surface area (Å²) in [6.07, 6.45) is 1.98. The van der Waals surface area contributed by atoms with Gasteiger partial charge in [0.05, 0.1) is 6.04 Å². The van der Waals surface area contributed by atoms with Crippen LogP contribution in [0.15, 0.2) is 30.3 Å². The summed E-state index contributed by atoms with van der Waals surface area (Å²) in [4.78, 5) is 23.9. The molecule has 1 aliphatic rings. The number of carbonyl (C=O) groups is 2. The van der Waals surface area contributed by atoms with E-state index in [0.717, 1.165) is 31.5 Å². The molecule has 5 heteroatoms. The third-order valence-corrected chi connectivity index (χ3v) is 3.59. The molecule has 0 bridgehead atoms. The Bertz CT molecular complexity index is 455. The molecule has 5 nitrogen and oxygen atoms in total. The largest absolute Gasteiger partial charge is 0.320 e. The highest BCUT2D eigenvalue weighted by atomic mass is 16.2. The summed E-state index contributed by atoms with van der Waals surface area (Å²) in [5.41, 5.74) is 6.84. The first kappa shape index (κ1) is 14.7. The summed E-state index contributed by atoms with van der Waals surface area (Å²) in [6, 6.07) is 8.86. The zero-order valence-corrected chi connectivity index (χ0v) is 11.5. The van der Waals surface area contributed by atoms with Gasteiger partial charge in [-0.1, -0.05) is 30.3 Å². The van der Waals surface area contributed by atoms with Crippen molar-refractivity contribution in [1.82, 2.24) is 10.6 Å². The first-order chi connectivity index (χ1) is 9.66. The quantitative estimate of drug-likeness (QED) is 0.733. The number of benzene rings is 1. The minimum absolute atomic E-state index is 0.0795. The van der Waals surface area contributed by atoms with E-state index in [-0.39, 0.29) is 11.8 Å². The molecule has 0 aromatic heterocycles. The van der Waals surface area contributed by atoms with Gasteiger partial charge in [0.15, 0.2) is 0 Å². The number of hydrogen-bond donors (Lipinski definition) is 3. The van der Waals surface area contributed by atoms with E-state index in [4.69, 9.17) is 5.73 Å². The molecule has 1 atom stereocenters. The van der Waals surface area contributed by atoms with Gasteiger partial charge in [-0.2, -0.15) is 0 Å². The van der Waals surface area contributed by atoms with E-state index in [9.17, 15) is 9.59 Å². The van der Waals surface area contributed by atoms with Crippen molar-refractivity contribution in [2.45, 2.75) is 25.3 Å². The number of nitrogens with one attached hydrogen (secondary N) is 2. The second-order valence-electron chi connectivity index (χ2n) is 5.17. The lowest BCUT2D eigenvalue weighted by molar-refractivity contribution is -0.133. The molecule has 1 unspecified atom stereocenters. The van der Waals surface area contributed by atoms with Crippen LogP contribution in [-0.4, -0.2) is 30.9 Å². The van der Waals surface area contributed by atoms with E-state index in [1.54, 1.807) is 0 Å². The van der Waals surface area contributed by atoms with Crippen molar-refractivity contribution in [1.29, 1.82) is 0 Å². The maximum Gasteiger partial charge on any atom is 0.243 e. The SMILES string of the molecule is NC(Cc1ccccc1)C(=O)NC(=O)C1CCNCC1. The Kier molecular flexibility index (Phi) is 5.26. The first-order valence-electron chi connectivity index (χ1n) is 7.02. The minimum Gasteiger partial charge on any atom is -0.320 e. The number of imide groups is 1. The molecular formula is C15H21N3O2. The predicted molar refractivity (Wildman–Crippen MR) is 76.9 cm³/mol. The van der Waals surface area contributed by atoms with Crippen LogP contribution in [0.4, 0.5) is 0 Å². The van der Waals surface area contributed by atoms with Crippen LogP contribution in [0.1, 0.15) is 18.4 Å². The number of rotatable bonds is 4. The summed E-state index contributed by atoms with van der Waals surface area (Å²) in [6.45, 7) is 1.64. The van der Waals surface area contributed by atoms with Gasteiger partial charge in [-0.3, -0.25) is 14.9 Å². The van der Waals surface area contributed by atoms with Crippen molar-refractivity contribution in [3.63, 3.8) is 0 Å². The van der Waals surface area contributed by atoms with Gasteiger partial charge >= 0.3 is 0 Å². The molecule has 20 heavy (non-hydrogen) atoms. The Hall–Kier alpha value is -1.72. The predicted octanol–water partition coefficient (Wildman–Crippen LogP) is 0.199. The molecule has 108 valence electrons. The first-order valence-corrected chi connectivity index (χ1v) is 7.02. The van der Waals surface area contributed by atoms with Gasteiger partial charge in [0.2, 0.25) is 11.8 Å². The van der Waals surface area contributed by atoms with E-state index in [0.29, 0.717) is 6.42 Å². The van der Waals surface area contributed by atoms with Crippen LogP contribution in [0, 0.1) is 5.92 Å². The number of amides is 2. The molecule has 2 rings (SSSR count). The summed E-state index contributed by atoms with van der Waals surface area (Å²) < 4.78 is 0.